The number of piperidine rings is 1. The highest BCUT2D eigenvalue weighted by Gasteiger charge is 2.21. The molecule has 19 heavy (non-hydrogen) atoms. The van der Waals surface area contributed by atoms with E-state index in [-0.39, 0.29) is 6.03 Å². The van der Waals surface area contributed by atoms with Gasteiger partial charge in [-0.3, -0.25) is 0 Å². The number of nitrogens with zero attached hydrogens (tertiary/aromatic N) is 2. The van der Waals surface area contributed by atoms with E-state index in [0.717, 1.165) is 38.4 Å². The van der Waals surface area contributed by atoms with Gasteiger partial charge in [-0.15, -0.1) is 0 Å². The fourth-order valence-corrected chi connectivity index (χ4v) is 1.82. The molecule has 0 aromatic heterocycles. The molecule has 6 heteroatoms. The van der Waals surface area contributed by atoms with Crippen molar-refractivity contribution < 1.29 is 14.7 Å². The van der Waals surface area contributed by atoms with Gasteiger partial charge in [-0.05, 0) is 33.4 Å². The summed E-state index contributed by atoms with van der Waals surface area (Å²) in [5.74, 6) is -0.873. The Morgan fingerprint density at radius 1 is 1.37 bits per heavy atom. The predicted molar refractivity (Wildman–Crippen MR) is 74.9 cm³/mol. The fourth-order valence-electron chi connectivity index (χ4n) is 1.82. The molecule has 0 bridgehead atoms. The summed E-state index contributed by atoms with van der Waals surface area (Å²) in [4.78, 5) is 24.4. The summed E-state index contributed by atoms with van der Waals surface area (Å²) in [6.07, 6.45) is 5.60. The number of primary amides is 1. The van der Waals surface area contributed by atoms with Gasteiger partial charge in [0.05, 0.1) is 0 Å². The highest BCUT2D eigenvalue weighted by molar-refractivity contribution is 5.79. The zero-order valence-corrected chi connectivity index (χ0v) is 12.0. The number of carbonyl (C=O) groups is 2. The molecule has 110 valence electrons. The van der Waals surface area contributed by atoms with Crippen molar-refractivity contribution >= 4 is 12.0 Å². The van der Waals surface area contributed by atoms with Crippen LogP contribution in [-0.2, 0) is 4.79 Å². The number of nitrogens with two attached hydrogens (primary N) is 1. The Balaban J connectivity index is 0.000000399. The van der Waals surface area contributed by atoms with Crippen LogP contribution < -0.4 is 5.73 Å². The number of carboxylic acid groups (broad SMARTS) is 1. The lowest BCUT2D eigenvalue weighted by Crippen LogP contribution is -2.46. The molecule has 1 fully saturated rings. The maximum absolute atomic E-state index is 10.8. The van der Waals surface area contributed by atoms with Crippen molar-refractivity contribution in [3.63, 3.8) is 0 Å². The van der Waals surface area contributed by atoms with Crippen LogP contribution in [0.1, 0.15) is 26.2 Å². The third kappa shape index (κ3) is 8.20. The minimum absolute atomic E-state index is 0.285. The zero-order valence-electron chi connectivity index (χ0n) is 12.0. The summed E-state index contributed by atoms with van der Waals surface area (Å²) in [6.45, 7) is 3.50. The first-order valence-electron chi connectivity index (χ1n) is 6.48. The van der Waals surface area contributed by atoms with Crippen molar-refractivity contribution in [2.75, 3.05) is 27.2 Å². The second-order valence-electron chi connectivity index (χ2n) is 4.67. The van der Waals surface area contributed by atoms with E-state index >= 15 is 0 Å². The number of urea groups is 1. The lowest BCUT2D eigenvalue weighted by molar-refractivity contribution is -0.131. The second kappa shape index (κ2) is 9.38. The van der Waals surface area contributed by atoms with E-state index in [0.29, 0.717) is 6.04 Å². The van der Waals surface area contributed by atoms with E-state index in [1.165, 1.54) is 0 Å². The van der Waals surface area contributed by atoms with Gasteiger partial charge >= 0.3 is 12.0 Å². The molecular weight excluding hydrogens is 246 g/mol. The Hall–Kier alpha value is -1.56. The molecule has 1 saturated heterocycles. The number of aliphatic carboxylic acids is 1. The van der Waals surface area contributed by atoms with Crippen LogP contribution in [0.5, 0.6) is 0 Å². The van der Waals surface area contributed by atoms with Crippen LogP contribution in [0, 0.1) is 0 Å². The number of hydrogen-bond donors (Lipinski definition) is 2. The summed E-state index contributed by atoms with van der Waals surface area (Å²) >= 11 is 0. The SMILES string of the molecule is CCC=CC(=O)O.CN(C)C1CCN(C(N)=O)CC1. The van der Waals surface area contributed by atoms with Crippen LogP contribution in [0.4, 0.5) is 4.79 Å². The molecule has 1 aliphatic rings. The molecule has 3 N–H and O–H groups in total. The smallest absolute Gasteiger partial charge is 0.327 e. The third-order valence-electron chi connectivity index (χ3n) is 3.00. The van der Waals surface area contributed by atoms with Crippen LogP contribution in [0.15, 0.2) is 12.2 Å². The Labute approximate surface area is 114 Å². The molecule has 0 aromatic carbocycles. The second-order valence-corrected chi connectivity index (χ2v) is 4.67. The van der Waals surface area contributed by atoms with Gasteiger partial charge in [0.2, 0.25) is 0 Å². The average molecular weight is 271 g/mol. The van der Waals surface area contributed by atoms with E-state index in [1.807, 2.05) is 6.92 Å². The van der Waals surface area contributed by atoms with Gasteiger partial charge < -0.3 is 20.6 Å². The molecule has 0 radical (unpaired) electrons. The quantitative estimate of drug-likeness (QED) is 0.753. The van der Waals surface area contributed by atoms with Gasteiger partial charge in [-0.25, -0.2) is 9.59 Å². The number of amides is 2. The normalized spacial score (nSPS) is 16.3. The summed E-state index contributed by atoms with van der Waals surface area (Å²) in [7, 11) is 4.15. The van der Waals surface area contributed by atoms with Gasteiger partial charge in [0, 0.05) is 25.2 Å². The average Bonchev–Trinajstić information content (AvgIpc) is 2.37. The van der Waals surface area contributed by atoms with Gasteiger partial charge in [0.25, 0.3) is 0 Å². The molecule has 2 amide bonds. The van der Waals surface area contributed by atoms with Gasteiger partial charge in [-0.2, -0.15) is 0 Å². The molecule has 1 rings (SSSR count). The number of likely N-dealkylation sites (tertiary alicyclic amines) is 1. The fraction of sp³-hybridized carbons (Fsp3) is 0.692. The van der Waals surface area contributed by atoms with Crippen molar-refractivity contribution in [1.82, 2.24) is 9.80 Å². The number of carboxylic acids is 1. The topological polar surface area (TPSA) is 86.9 Å². The van der Waals surface area contributed by atoms with Crippen molar-refractivity contribution in [2.24, 2.45) is 5.73 Å². The van der Waals surface area contributed by atoms with E-state index in [2.05, 4.69) is 19.0 Å². The molecule has 6 nitrogen and oxygen atoms in total. The van der Waals surface area contributed by atoms with Crippen molar-refractivity contribution in [2.45, 2.75) is 32.2 Å². The van der Waals surface area contributed by atoms with Crippen LogP contribution in [0.25, 0.3) is 0 Å². The van der Waals surface area contributed by atoms with Gasteiger partial charge in [0.1, 0.15) is 0 Å². The third-order valence-corrected chi connectivity index (χ3v) is 3.00. The predicted octanol–water partition coefficient (Wildman–Crippen LogP) is 1.13. The zero-order chi connectivity index (χ0) is 14.8. The maximum Gasteiger partial charge on any atom is 0.327 e. The molecule has 0 aliphatic carbocycles. The van der Waals surface area contributed by atoms with Crippen molar-refractivity contribution in [1.29, 1.82) is 0 Å². The Bertz CT molecular complexity index is 308. The summed E-state index contributed by atoms with van der Waals surface area (Å²) < 4.78 is 0. The largest absolute Gasteiger partial charge is 0.478 e. The highest BCUT2D eigenvalue weighted by Crippen LogP contribution is 2.13. The van der Waals surface area contributed by atoms with Crippen LogP contribution >= 0.6 is 0 Å². The van der Waals surface area contributed by atoms with E-state index in [9.17, 15) is 9.59 Å². The Morgan fingerprint density at radius 2 is 1.89 bits per heavy atom. The monoisotopic (exact) mass is 271 g/mol. The summed E-state index contributed by atoms with van der Waals surface area (Å²) in [5.41, 5.74) is 5.16. The molecule has 0 unspecified atom stereocenters. The van der Waals surface area contributed by atoms with Crippen LogP contribution in [0.2, 0.25) is 0 Å². The highest BCUT2D eigenvalue weighted by atomic mass is 16.4. The van der Waals surface area contributed by atoms with Gasteiger partial charge in [-0.1, -0.05) is 13.0 Å². The molecule has 0 saturated carbocycles. The van der Waals surface area contributed by atoms with Crippen LogP contribution in [-0.4, -0.2) is 60.1 Å². The van der Waals surface area contributed by atoms with Crippen molar-refractivity contribution in [3.05, 3.63) is 12.2 Å². The molecule has 0 spiro atoms. The van der Waals surface area contributed by atoms with E-state index < -0.39 is 5.97 Å². The van der Waals surface area contributed by atoms with E-state index in [1.54, 1.807) is 11.0 Å². The van der Waals surface area contributed by atoms with Gasteiger partial charge in [0.15, 0.2) is 0 Å². The standard InChI is InChI=1S/C8H17N3O.C5H8O2/c1-10(2)7-3-5-11(6-4-7)8(9)12;1-2-3-4-5(6)7/h7H,3-6H2,1-2H3,(H2,9,12);3-4H,2H2,1H3,(H,6,7). The first-order valence-corrected chi connectivity index (χ1v) is 6.48. The number of carbonyl (C=O) groups excluding carboxylic acids is 1. The maximum atomic E-state index is 10.8. The number of allylic oxidation sites excluding steroid dienone is 1. The van der Waals surface area contributed by atoms with E-state index in [4.69, 9.17) is 10.8 Å². The molecule has 1 aliphatic heterocycles. The lowest BCUT2D eigenvalue weighted by atomic mass is 10.0. The minimum Gasteiger partial charge on any atom is -0.478 e. The number of hydrogen-bond acceptors (Lipinski definition) is 3. The minimum atomic E-state index is -0.873. The number of rotatable bonds is 3. The first kappa shape index (κ1) is 17.4. The first-order chi connectivity index (χ1) is 8.88. The van der Waals surface area contributed by atoms with Crippen molar-refractivity contribution in [3.8, 4) is 0 Å². The summed E-state index contributed by atoms with van der Waals surface area (Å²) in [6, 6.07) is 0.327. The molecular formula is C13H25N3O3. The Kier molecular flexibility index (Phi) is 8.61. The van der Waals surface area contributed by atoms with Crippen LogP contribution in [0.3, 0.4) is 0 Å². The summed E-state index contributed by atoms with van der Waals surface area (Å²) in [5, 5.41) is 7.96. The molecule has 0 atom stereocenters. The molecule has 0 aromatic rings. The lowest BCUT2D eigenvalue weighted by Gasteiger charge is -2.34. The Morgan fingerprint density at radius 3 is 2.16 bits per heavy atom. The molecule has 1 heterocycles.